The molecule has 19 heavy (non-hydrogen) atoms. The molecule has 1 spiro atoms. The van der Waals surface area contributed by atoms with Crippen LogP contribution in [0.2, 0.25) is 0 Å². The largest absolute Gasteiger partial charge is 0.450 e. The fraction of sp³-hybridized carbons (Fsp3) is 0.929. The Balaban J connectivity index is 2.12. The third kappa shape index (κ3) is 3.35. The van der Waals surface area contributed by atoms with Gasteiger partial charge in [-0.3, -0.25) is 0 Å². The molecule has 2 rings (SSSR count). The van der Waals surface area contributed by atoms with E-state index in [1.165, 1.54) is 11.5 Å². The molecular formula is C14H25NO2S2. The van der Waals surface area contributed by atoms with E-state index >= 15 is 0 Å². The Morgan fingerprint density at radius 1 is 1.32 bits per heavy atom. The van der Waals surface area contributed by atoms with Gasteiger partial charge in [0, 0.05) is 23.6 Å². The molecule has 2 atom stereocenters. The van der Waals surface area contributed by atoms with Gasteiger partial charge in [0.1, 0.15) is 0 Å². The van der Waals surface area contributed by atoms with E-state index in [1.807, 2.05) is 11.8 Å². The fourth-order valence-corrected chi connectivity index (χ4v) is 6.87. The summed E-state index contributed by atoms with van der Waals surface area (Å²) in [6.07, 6.45) is 4.32. The summed E-state index contributed by atoms with van der Waals surface area (Å²) in [6, 6.07) is 0.647. The van der Waals surface area contributed by atoms with Crippen LogP contribution in [-0.4, -0.2) is 45.3 Å². The molecule has 2 aliphatic heterocycles. The Hall–Kier alpha value is -0.0300. The van der Waals surface area contributed by atoms with Crippen molar-refractivity contribution in [2.45, 2.75) is 62.6 Å². The summed E-state index contributed by atoms with van der Waals surface area (Å²) in [7, 11) is 0. The first-order valence-corrected chi connectivity index (χ1v) is 9.32. The van der Waals surface area contributed by atoms with Crippen LogP contribution in [0.5, 0.6) is 0 Å². The van der Waals surface area contributed by atoms with Crippen LogP contribution in [0, 0.1) is 0 Å². The van der Waals surface area contributed by atoms with Crippen molar-refractivity contribution in [3.63, 3.8) is 0 Å². The van der Waals surface area contributed by atoms with Crippen LogP contribution in [0.15, 0.2) is 0 Å². The highest BCUT2D eigenvalue weighted by Crippen LogP contribution is 2.54. The Kier molecular flexibility index (Phi) is 5.35. The summed E-state index contributed by atoms with van der Waals surface area (Å²) in [6.45, 7) is 6.73. The second-order valence-corrected chi connectivity index (χ2v) is 8.63. The van der Waals surface area contributed by atoms with Crippen LogP contribution in [0.4, 0.5) is 4.79 Å². The molecule has 2 heterocycles. The van der Waals surface area contributed by atoms with E-state index < -0.39 is 0 Å². The van der Waals surface area contributed by atoms with Gasteiger partial charge < -0.3 is 9.64 Å². The molecule has 3 nitrogen and oxygen atoms in total. The average molecular weight is 303 g/mol. The molecule has 0 aromatic heterocycles. The predicted molar refractivity (Wildman–Crippen MR) is 83.9 cm³/mol. The minimum Gasteiger partial charge on any atom is -0.450 e. The molecule has 2 fully saturated rings. The van der Waals surface area contributed by atoms with Crippen molar-refractivity contribution in [3.05, 3.63) is 0 Å². The van der Waals surface area contributed by atoms with E-state index in [2.05, 4.69) is 37.4 Å². The molecule has 0 N–H and O–H groups in total. The minimum absolute atomic E-state index is 0.115. The number of nitrogens with zero attached hydrogens (tertiary/aromatic N) is 1. The third-order valence-electron chi connectivity index (χ3n) is 3.94. The molecule has 0 bridgehead atoms. The molecule has 0 aromatic carbocycles. The second-order valence-electron chi connectivity index (χ2n) is 5.41. The van der Waals surface area contributed by atoms with Crippen molar-refractivity contribution in [2.24, 2.45) is 0 Å². The summed E-state index contributed by atoms with van der Waals surface area (Å²) in [4.78, 5) is 14.2. The molecule has 0 radical (unpaired) electrons. The molecule has 0 aliphatic carbocycles. The smallest absolute Gasteiger partial charge is 0.410 e. The first kappa shape index (κ1) is 15.4. The highest BCUT2D eigenvalue weighted by Gasteiger charge is 2.47. The number of carbonyl (C=O) groups excluding carboxylic acids is 1. The predicted octanol–water partition coefficient (Wildman–Crippen LogP) is 3.97. The Morgan fingerprint density at radius 2 is 2.00 bits per heavy atom. The van der Waals surface area contributed by atoms with Gasteiger partial charge in [-0.05, 0) is 33.1 Å². The van der Waals surface area contributed by atoms with Crippen LogP contribution in [0.25, 0.3) is 0 Å². The zero-order valence-corrected chi connectivity index (χ0v) is 13.8. The molecule has 1 amide bonds. The Morgan fingerprint density at radius 3 is 2.58 bits per heavy atom. The van der Waals surface area contributed by atoms with Crippen molar-refractivity contribution in [3.8, 4) is 0 Å². The standard InChI is InChI=1S/C14H25NO2S2/c1-4-6-12-10-14(18-7-8-19-14)9-11(3)15(12)13(16)17-5-2/h11-12H,4-10H2,1-3H3/t11-,12-/m0/s1. The van der Waals surface area contributed by atoms with Crippen molar-refractivity contribution in [1.29, 1.82) is 0 Å². The van der Waals surface area contributed by atoms with Gasteiger partial charge in [0.2, 0.25) is 0 Å². The van der Waals surface area contributed by atoms with Gasteiger partial charge in [-0.25, -0.2) is 4.79 Å². The van der Waals surface area contributed by atoms with E-state index in [-0.39, 0.29) is 6.09 Å². The summed E-state index contributed by atoms with van der Waals surface area (Å²) in [5.74, 6) is 2.52. The number of hydrogen-bond donors (Lipinski definition) is 0. The molecular weight excluding hydrogens is 278 g/mol. The Labute approximate surface area is 125 Å². The molecule has 0 saturated carbocycles. The maximum absolute atomic E-state index is 12.2. The van der Waals surface area contributed by atoms with Crippen LogP contribution >= 0.6 is 23.5 Å². The topological polar surface area (TPSA) is 29.5 Å². The number of thioether (sulfide) groups is 2. The summed E-state index contributed by atoms with van der Waals surface area (Å²) in [5.41, 5.74) is 0. The second kappa shape index (κ2) is 6.61. The van der Waals surface area contributed by atoms with Gasteiger partial charge in [0.15, 0.2) is 0 Å². The number of rotatable bonds is 3. The minimum atomic E-state index is -0.115. The van der Waals surface area contributed by atoms with E-state index in [0.29, 0.717) is 22.8 Å². The lowest BCUT2D eigenvalue weighted by Gasteiger charge is -2.47. The molecule has 2 aliphatic rings. The maximum Gasteiger partial charge on any atom is 0.410 e. The monoisotopic (exact) mass is 303 g/mol. The van der Waals surface area contributed by atoms with Crippen molar-refractivity contribution >= 4 is 29.6 Å². The lowest BCUT2D eigenvalue weighted by Crippen LogP contribution is -2.54. The third-order valence-corrected chi connectivity index (χ3v) is 7.44. The summed E-state index contributed by atoms with van der Waals surface area (Å²) >= 11 is 4.22. The molecule has 5 heteroatoms. The quantitative estimate of drug-likeness (QED) is 0.789. The van der Waals surface area contributed by atoms with E-state index in [4.69, 9.17) is 4.74 Å². The first-order chi connectivity index (χ1) is 9.12. The van der Waals surface area contributed by atoms with Crippen LogP contribution in [0.3, 0.4) is 0 Å². The van der Waals surface area contributed by atoms with Crippen molar-refractivity contribution in [1.82, 2.24) is 4.90 Å². The number of amides is 1. The highest BCUT2D eigenvalue weighted by molar-refractivity contribution is 8.21. The van der Waals surface area contributed by atoms with Crippen molar-refractivity contribution in [2.75, 3.05) is 18.1 Å². The SMILES string of the molecule is CCC[C@H]1CC2(C[C@H](C)N1C(=O)OCC)SCCS2. The van der Waals surface area contributed by atoms with Gasteiger partial charge in [-0.1, -0.05) is 13.3 Å². The molecule has 110 valence electrons. The van der Waals surface area contributed by atoms with Gasteiger partial charge in [0.05, 0.1) is 10.7 Å². The Bertz CT molecular complexity index is 319. The average Bonchev–Trinajstić information content (AvgIpc) is 2.77. The molecule has 0 aromatic rings. The number of ether oxygens (including phenoxy) is 1. The maximum atomic E-state index is 12.2. The zero-order valence-electron chi connectivity index (χ0n) is 12.2. The molecule has 2 saturated heterocycles. The normalized spacial score (nSPS) is 29.7. The van der Waals surface area contributed by atoms with E-state index in [0.717, 1.165) is 25.7 Å². The van der Waals surface area contributed by atoms with Crippen LogP contribution < -0.4 is 0 Å². The number of likely N-dealkylation sites (tertiary alicyclic amines) is 1. The van der Waals surface area contributed by atoms with Crippen LogP contribution in [0.1, 0.15) is 46.5 Å². The number of piperidine rings is 1. The summed E-state index contributed by atoms with van der Waals surface area (Å²) < 4.78 is 5.62. The molecule has 0 unspecified atom stereocenters. The van der Waals surface area contributed by atoms with Gasteiger partial charge >= 0.3 is 6.09 Å². The van der Waals surface area contributed by atoms with Crippen LogP contribution in [-0.2, 0) is 4.74 Å². The first-order valence-electron chi connectivity index (χ1n) is 7.35. The van der Waals surface area contributed by atoms with Gasteiger partial charge in [-0.15, -0.1) is 23.5 Å². The zero-order chi connectivity index (χ0) is 13.9. The van der Waals surface area contributed by atoms with E-state index in [9.17, 15) is 4.79 Å². The van der Waals surface area contributed by atoms with E-state index in [1.54, 1.807) is 0 Å². The number of carbonyl (C=O) groups is 1. The van der Waals surface area contributed by atoms with Gasteiger partial charge in [0.25, 0.3) is 0 Å². The highest BCUT2D eigenvalue weighted by atomic mass is 32.2. The lowest BCUT2D eigenvalue weighted by molar-refractivity contribution is 0.0498. The number of hydrogen-bond acceptors (Lipinski definition) is 4. The van der Waals surface area contributed by atoms with Gasteiger partial charge in [-0.2, -0.15) is 0 Å². The lowest BCUT2D eigenvalue weighted by atomic mass is 9.93. The fourth-order valence-electron chi connectivity index (χ4n) is 3.28. The summed E-state index contributed by atoms with van der Waals surface area (Å²) in [5, 5.41) is 0. The van der Waals surface area contributed by atoms with Crippen molar-refractivity contribution < 1.29 is 9.53 Å².